The number of carboxylic acids is 1. The molecular formula is C9H10O6. The number of benzene rings is 1. The molecule has 0 saturated carbocycles. The fourth-order valence-corrected chi connectivity index (χ4v) is 1.17. The molecule has 6 heteroatoms. The van der Waals surface area contributed by atoms with Crippen LogP contribution in [0.25, 0.3) is 0 Å². The van der Waals surface area contributed by atoms with Gasteiger partial charge in [-0.3, -0.25) is 0 Å². The lowest BCUT2D eigenvalue weighted by Gasteiger charge is -2.12. The molecule has 0 aliphatic heterocycles. The molecule has 0 aromatic heterocycles. The minimum Gasteiger partial charge on any atom is -0.504 e. The van der Waals surface area contributed by atoms with E-state index in [4.69, 9.17) is 9.84 Å². The summed E-state index contributed by atoms with van der Waals surface area (Å²) in [6.07, 6.45) is 0. The molecule has 0 aliphatic rings. The molecule has 0 amide bonds. The number of methoxy groups -OCH3 is 2. The van der Waals surface area contributed by atoms with Crippen LogP contribution in [-0.4, -0.2) is 35.5 Å². The summed E-state index contributed by atoms with van der Waals surface area (Å²) in [6.45, 7) is 0. The molecule has 0 saturated heterocycles. The third kappa shape index (κ3) is 1.74. The van der Waals surface area contributed by atoms with Crippen molar-refractivity contribution in [3.05, 3.63) is 11.6 Å². The van der Waals surface area contributed by atoms with E-state index < -0.39 is 17.5 Å². The Balaban J connectivity index is 3.56. The van der Waals surface area contributed by atoms with Gasteiger partial charge < -0.3 is 24.8 Å². The van der Waals surface area contributed by atoms with Crippen molar-refractivity contribution in [1.82, 2.24) is 0 Å². The first-order valence-corrected chi connectivity index (χ1v) is 3.93. The van der Waals surface area contributed by atoms with Crippen LogP contribution in [0.1, 0.15) is 10.4 Å². The number of carboxylic acid groups (broad SMARTS) is 1. The van der Waals surface area contributed by atoms with E-state index in [1.165, 1.54) is 14.2 Å². The van der Waals surface area contributed by atoms with Gasteiger partial charge in [-0.2, -0.15) is 0 Å². The number of phenols is 2. The van der Waals surface area contributed by atoms with Gasteiger partial charge in [0.1, 0.15) is 11.3 Å². The number of ether oxygens (including phenoxy) is 2. The summed E-state index contributed by atoms with van der Waals surface area (Å²) in [5.74, 6) is -2.88. The molecule has 82 valence electrons. The highest BCUT2D eigenvalue weighted by molar-refractivity contribution is 5.96. The van der Waals surface area contributed by atoms with Crippen molar-refractivity contribution < 1.29 is 29.6 Å². The lowest BCUT2D eigenvalue weighted by molar-refractivity contribution is 0.0688. The first-order chi connectivity index (χ1) is 7.02. The van der Waals surface area contributed by atoms with Crippen molar-refractivity contribution in [3.8, 4) is 23.0 Å². The average Bonchev–Trinajstić information content (AvgIpc) is 2.20. The van der Waals surface area contributed by atoms with E-state index in [1.54, 1.807) is 0 Å². The molecule has 0 unspecified atom stereocenters. The molecule has 0 fully saturated rings. The van der Waals surface area contributed by atoms with E-state index in [-0.39, 0.29) is 17.1 Å². The molecule has 3 N–H and O–H groups in total. The van der Waals surface area contributed by atoms with Crippen molar-refractivity contribution in [2.24, 2.45) is 0 Å². The van der Waals surface area contributed by atoms with E-state index in [0.29, 0.717) is 0 Å². The number of aromatic carboxylic acids is 1. The van der Waals surface area contributed by atoms with E-state index in [2.05, 4.69) is 4.74 Å². The normalized spacial score (nSPS) is 9.73. The highest BCUT2D eigenvalue weighted by atomic mass is 16.5. The lowest BCUT2D eigenvalue weighted by atomic mass is 10.1. The van der Waals surface area contributed by atoms with Crippen LogP contribution in [0.15, 0.2) is 6.07 Å². The van der Waals surface area contributed by atoms with Gasteiger partial charge in [-0.15, -0.1) is 0 Å². The van der Waals surface area contributed by atoms with E-state index in [0.717, 1.165) is 6.07 Å². The van der Waals surface area contributed by atoms with Crippen LogP contribution in [0.2, 0.25) is 0 Å². The Morgan fingerprint density at radius 1 is 1.27 bits per heavy atom. The zero-order valence-electron chi connectivity index (χ0n) is 8.14. The Labute approximate surface area is 85.3 Å². The van der Waals surface area contributed by atoms with Crippen LogP contribution >= 0.6 is 0 Å². The van der Waals surface area contributed by atoms with Crippen LogP contribution in [0.3, 0.4) is 0 Å². The maximum absolute atomic E-state index is 10.9. The molecule has 1 aromatic carbocycles. The van der Waals surface area contributed by atoms with Crippen LogP contribution in [0, 0.1) is 0 Å². The predicted octanol–water partition coefficient (Wildman–Crippen LogP) is 0.813. The SMILES string of the molecule is COc1cc(O)c(O)c(OC)c1C(=O)O. The number of carbonyl (C=O) groups is 1. The van der Waals surface area contributed by atoms with Crippen molar-refractivity contribution in [2.45, 2.75) is 0 Å². The summed E-state index contributed by atoms with van der Waals surface area (Å²) >= 11 is 0. The van der Waals surface area contributed by atoms with E-state index in [9.17, 15) is 15.0 Å². The maximum Gasteiger partial charge on any atom is 0.343 e. The first-order valence-electron chi connectivity index (χ1n) is 3.93. The van der Waals surface area contributed by atoms with Gasteiger partial charge in [-0.05, 0) is 0 Å². The maximum atomic E-state index is 10.9. The average molecular weight is 214 g/mol. The van der Waals surface area contributed by atoms with Crippen molar-refractivity contribution in [2.75, 3.05) is 14.2 Å². The summed E-state index contributed by atoms with van der Waals surface area (Å²) < 4.78 is 9.44. The minimum atomic E-state index is -1.32. The van der Waals surface area contributed by atoms with Crippen LogP contribution in [-0.2, 0) is 0 Å². The molecule has 0 atom stereocenters. The molecule has 0 aliphatic carbocycles. The fraction of sp³-hybridized carbons (Fsp3) is 0.222. The van der Waals surface area contributed by atoms with Crippen molar-refractivity contribution in [3.63, 3.8) is 0 Å². The van der Waals surface area contributed by atoms with Gasteiger partial charge >= 0.3 is 5.97 Å². The van der Waals surface area contributed by atoms with Gasteiger partial charge in [0.2, 0.25) is 5.75 Å². The monoisotopic (exact) mass is 214 g/mol. The summed E-state index contributed by atoms with van der Waals surface area (Å²) in [4.78, 5) is 10.9. The molecular weight excluding hydrogens is 204 g/mol. The molecule has 1 aromatic rings. The summed E-state index contributed by atoms with van der Waals surface area (Å²) in [6, 6.07) is 1.00. The third-order valence-corrected chi connectivity index (χ3v) is 1.84. The third-order valence-electron chi connectivity index (χ3n) is 1.84. The number of hydrogen-bond donors (Lipinski definition) is 3. The van der Waals surface area contributed by atoms with Crippen LogP contribution in [0.5, 0.6) is 23.0 Å². The zero-order chi connectivity index (χ0) is 11.6. The lowest BCUT2D eigenvalue weighted by Crippen LogP contribution is -2.04. The molecule has 0 radical (unpaired) electrons. The molecule has 15 heavy (non-hydrogen) atoms. The predicted molar refractivity (Wildman–Crippen MR) is 49.8 cm³/mol. The second-order valence-electron chi connectivity index (χ2n) is 2.66. The van der Waals surface area contributed by atoms with Crippen molar-refractivity contribution >= 4 is 5.97 Å². The number of phenolic OH excluding ortho intramolecular Hbond substituents is 2. The van der Waals surface area contributed by atoms with Gasteiger partial charge in [0.05, 0.1) is 14.2 Å². The topological polar surface area (TPSA) is 96.2 Å². The summed E-state index contributed by atoms with van der Waals surface area (Å²) in [7, 11) is 2.43. The molecule has 1 rings (SSSR count). The Kier molecular flexibility index (Phi) is 2.89. The largest absolute Gasteiger partial charge is 0.504 e. The van der Waals surface area contributed by atoms with Gasteiger partial charge in [0.15, 0.2) is 11.5 Å². The summed E-state index contributed by atoms with van der Waals surface area (Å²) in [5.41, 5.74) is -0.338. The fourth-order valence-electron chi connectivity index (χ4n) is 1.17. The van der Waals surface area contributed by atoms with E-state index >= 15 is 0 Å². The second kappa shape index (κ2) is 3.95. The smallest absolute Gasteiger partial charge is 0.343 e. The highest BCUT2D eigenvalue weighted by Crippen LogP contribution is 2.43. The number of rotatable bonds is 3. The zero-order valence-corrected chi connectivity index (χ0v) is 8.14. The minimum absolute atomic E-state index is 0.0883. The molecule has 0 spiro atoms. The number of hydrogen-bond acceptors (Lipinski definition) is 5. The van der Waals surface area contributed by atoms with Gasteiger partial charge in [0.25, 0.3) is 0 Å². The summed E-state index contributed by atoms with van der Waals surface area (Å²) in [5, 5.41) is 27.5. The molecule has 0 bridgehead atoms. The van der Waals surface area contributed by atoms with Gasteiger partial charge in [-0.1, -0.05) is 0 Å². The standard InChI is InChI=1S/C9H10O6/c1-14-5-3-4(10)7(11)8(15-2)6(5)9(12)13/h3,10-11H,1-2H3,(H,12,13). The quantitative estimate of drug-likeness (QED) is 0.644. The highest BCUT2D eigenvalue weighted by Gasteiger charge is 2.24. The molecule has 6 nitrogen and oxygen atoms in total. The Bertz CT molecular complexity index is 398. The van der Waals surface area contributed by atoms with Crippen LogP contribution < -0.4 is 9.47 Å². The Hall–Kier alpha value is -2.11. The van der Waals surface area contributed by atoms with Gasteiger partial charge in [-0.25, -0.2) is 4.79 Å². The molecule has 0 heterocycles. The first kappa shape index (κ1) is 11.0. The van der Waals surface area contributed by atoms with Crippen molar-refractivity contribution in [1.29, 1.82) is 0 Å². The number of aromatic hydroxyl groups is 2. The second-order valence-corrected chi connectivity index (χ2v) is 2.66. The Morgan fingerprint density at radius 2 is 1.87 bits per heavy atom. The van der Waals surface area contributed by atoms with E-state index in [1.807, 2.05) is 0 Å². The van der Waals surface area contributed by atoms with Crippen LogP contribution in [0.4, 0.5) is 0 Å². The van der Waals surface area contributed by atoms with Gasteiger partial charge in [0, 0.05) is 6.07 Å². The Morgan fingerprint density at radius 3 is 2.27 bits per heavy atom.